The Bertz CT molecular complexity index is 389. The number of nitrogens with zero attached hydrogens (tertiary/aromatic N) is 2. The van der Waals surface area contributed by atoms with E-state index in [0.717, 1.165) is 18.7 Å². The molecule has 0 aromatic carbocycles. The van der Waals surface area contributed by atoms with Crippen molar-refractivity contribution in [2.75, 3.05) is 7.11 Å². The van der Waals surface area contributed by atoms with Crippen LogP contribution < -0.4 is 5.32 Å². The third kappa shape index (κ3) is 2.17. The van der Waals surface area contributed by atoms with Crippen molar-refractivity contribution in [2.45, 2.75) is 63.1 Å². The Labute approximate surface area is 107 Å². The van der Waals surface area contributed by atoms with Crippen LogP contribution in [0, 0.1) is 0 Å². The van der Waals surface area contributed by atoms with E-state index in [2.05, 4.69) is 15.5 Å². The Balaban J connectivity index is 1.59. The fourth-order valence-corrected chi connectivity index (χ4v) is 2.89. The van der Waals surface area contributed by atoms with E-state index in [0.29, 0.717) is 18.5 Å². The Morgan fingerprint density at radius 2 is 2.11 bits per heavy atom. The summed E-state index contributed by atoms with van der Waals surface area (Å²) in [5.41, 5.74) is -0.269. The molecule has 1 aromatic heterocycles. The summed E-state index contributed by atoms with van der Waals surface area (Å²) in [5.74, 6) is 1.40. The summed E-state index contributed by atoms with van der Waals surface area (Å²) in [7, 11) is 1.73. The molecule has 18 heavy (non-hydrogen) atoms. The second kappa shape index (κ2) is 4.97. The minimum absolute atomic E-state index is 0.269. The highest BCUT2D eigenvalue weighted by atomic mass is 16.5. The average molecular weight is 251 g/mol. The number of methoxy groups -OCH3 is 1. The first-order valence-electron chi connectivity index (χ1n) is 6.94. The summed E-state index contributed by atoms with van der Waals surface area (Å²) in [6.45, 7) is 0.678. The molecule has 1 N–H and O–H groups in total. The van der Waals surface area contributed by atoms with E-state index in [1.807, 2.05) is 0 Å². The average Bonchev–Trinajstić information content (AvgIpc) is 2.97. The molecule has 0 radical (unpaired) electrons. The van der Waals surface area contributed by atoms with Crippen LogP contribution in [0.3, 0.4) is 0 Å². The van der Waals surface area contributed by atoms with E-state index in [1.54, 1.807) is 7.11 Å². The lowest BCUT2D eigenvalue weighted by molar-refractivity contribution is -0.0858. The fourth-order valence-electron chi connectivity index (χ4n) is 2.89. The van der Waals surface area contributed by atoms with Crippen LogP contribution in [0.15, 0.2) is 4.52 Å². The maximum absolute atomic E-state index is 5.55. The summed E-state index contributed by atoms with van der Waals surface area (Å²) < 4.78 is 10.9. The molecule has 2 aliphatic rings. The number of ether oxygens (including phenoxy) is 1. The largest absolute Gasteiger partial charge is 0.370 e. The summed E-state index contributed by atoms with van der Waals surface area (Å²) in [4.78, 5) is 4.47. The van der Waals surface area contributed by atoms with Crippen LogP contribution in [0.25, 0.3) is 0 Å². The predicted molar refractivity (Wildman–Crippen MR) is 65.9 cm³/mol. The van der Waals surface area contributed by atoms with Crippen molar-refractivity contribution in [2.24, 2.45) is 0 Å². The van der Waals surface area contributed by atoms with Crippen molar-refractivity contribution in [3.05, 3.63) is 11.7 Å². The lowest BCUT2D eigenvalue weighted by atomic mass is 9.79. The SMILES string of the molecule is COC1(c2noc(CNC3CCCC3)n2)CCC1. The van der Waals surface area contributed by atoms with Gasteiger partial charge in [0.2, 0.25) is 11.7 Å². The first-order valence-corrected chi connectivity index (χ1v) is 6.94. The van der Waals surface area contributed by atoms with Gasteiger partial charge in [-0.05, 0) is 32.1 Å². The van der Waals surface area contributed by atoms with Gasteiger partial charge in [0.15, 0.2) is 0 Å². The molecule has 0 aliphatic heterocycles. The zero-order valence-corrected chi connectivity index (χ0v) is 10.9. The number of hydrogen-bond acceptors (Lipinski definition) is 5. The number of aromatic nitrogens is 2. The summed E-state index contributed by atoms with van der Waals surface area (Å²) in [6, 6.07) is 0.625. The van der Waals surface area contributed by atoms with Crippen molar-refractivity contribution in [1.29, 1.82) is 0 Å². The number of nitrogens with one attached hydrogen (secondary N) is 1. The lowest BCUT2D eigenvalue weighted by Gasteiger charge is -2.37. The Hall–Kier alpha value is -0.940. The number of hydrogen-bond donors (Lipinski definition) is 1. The Morgan fingerprint density at radius 1 is 1.33 bits per heavy atom. The van der Waals surface area contributed by atoms with Crippen LogP contribution in [0.1, 0.15) is 56.7 Å². The molecule has 0 saturated heterocycles. The van der Waals surface area contributed by atoms with Crippen LogP contribution in [-0.4, -0.2) is 23.3 Å². The normalized spacial score (nSPS) is 23.2. The van der Waals surface area contributed by atoms with E-state index in [9.17, 15) is 0 Å². The standard InChI is InChI=1S/C13H21N3O2/c1-17-13(7-4-8-13)12-15-11(18-16-12)9-14-10-5-2-3-6-10/h10,14H,2-9H2,1H3. The minimum Gasteiger partial charge on any atom is -0.370 e. The van der Waals surface area contributed by atoms with Gasteiger partial charge in [-0.3, -0.25) is 0 Å². The van der Waals surface area contributed by atoms with E-state index < -0.39 is 0 Å². The van der Waals surface area contributed by atoms with Crippen molar-refractivity contribution < 1.29 is 9.26 Å². The Kier molecular flexibility index (Phi) is 3.35. The summed E-state index contributed by atoms with van der Waals surface area (Å²) in [5, 5.41) is 7.55. The molecule has 1 heterocycles. The second-order valence-corrected chi connectivity index (χ2v) is 5.43. The zero-order valence-electron chi connectivity index (χ0n) is 10.9. The van der Waals surface area contributed by atoms with Crippen molar-refractivity contribution >= 4 is 0 Å². The van der Waals surface area contributed by atoms with Crippen molar-refractivity contribution in [3.63, 3.8) is 0 Å². The van der Waals surface area contributed by atoms with Gasteiger partial charge in [-0.1, -0.05) is 18.0 Å². The second-order valence-electron chi connectivity index (χ2n) is 5.43. The molecular formula is C13H21N3O2. The Morgan fingerprint density at radius 3 is 2.72 bits per heavy atom. The predicted octanol–water partition coefficient (Wildman–Crippen LogP) is 2.13. The van der Waals surface area contributed by atoms with Gasteiger partial charge in [0.1, 0.15) is 5.60 Å². The highest BCUT2D eigenvalue weighted by molar-refractivity contribution is 5.06. The minimum atomic E-state index is -0.269. The molecule has 3 rings (SSSR count). The highest BCUT2D eigenvalue weighted by Gasteiger charge is 2.43. The van der Waals surface area contributed by atoms with E-state index in [-0.39, 0.29) is 5.60 Å². The monoisotopic (exact) mass is 251 g/mol. The van der Waals surface area contributed by atoms with Gasteiger partial charge in [0.05, 0.1) is 6.54 Å². The maximum Gasteiger partial charge on any atom is 0.240 e. The zero-order chi connectivity index (χ0) is 12.4. The molecule has 0 spiro atoms. The maximum atomic E-state index is 5.55. The molecule has 5 nitrogen and oxygen atoms in total. The molecule has 100 valence electrons. The molecule has 2 saturated carbocycles. The lowest BCUT2D eigenvalue weighted by Crippen LogP contribution is -2.37. The smallest absolute Gasteiger partial charge is 0.240 e. The van der Waals surface area contributed by atoms with Gasteiger partial charge in [0.25, 0.3) is 0 Å². The van der Waals surface area contributed by atoms with Crippen LogP contribution in [0.4, 0.5) is 0 Å². The van der Waals surface area contributed by atoms with Crippen LogP contribution in [0.5, 0.6) is 0 Å². The molecule has 2 aliphatic carbocycles. The van der Waals surface area contributed by atoms with Gasteiger partial charge >= 0.3 is 0 Å². The molecule has 2 fully saturated rings. The highest BCUT2D eigenvalue weighted by Crippen LogP contribution is 2.42. The summed E-state index contributed by atoms with van der Waals surface area (Å²) in [6.07, 6.45) is 8.38. The summed E-state index contributed by atoms with van der Waals surface area (Å²) >= 11 is 0. The van der Waals surface area contributed by atoms with Gasteiger partial charge in [-0.15, -0.1) is 0 Å². The van der Waals surface area contributed by atoms with Crippen LogP contribution in [0.2, 0.25) is 0 Å². The van der Waals surface area contributed by atoms with Crippen molar-refractivity contribution in [3.8, 4) is 0 Å². The quantitative estimate of drug-likeness (QED) is 0.868. The molecule has 0 atom stereocenters. The molecular weight excluding hydrogens is 230 g/mol. The molecule has 0 unspecified atom stereocenters. The third-order valence-corrected chi connectivity index (χ3v) is 4.32. The van der Waals surface area contributed by atoms with E-state index in [1.165, 1.54) is 32.1 Å². The van der Waals surface area contributed by atoms with Gasteiger partial charge in [-0.25, -0.2) is 0 Å². The first-order chi connectivity index (χ1) is 8.82. The van der Waals surface area contributed by atoms with E-state index in [4.69, 9.17) is 9.26 Å². The van der Waals surface area contributed by atoms with Gasteiger partial charge in [0, 0.05) is 13.2 Å². The molecule has 0 bridgehead atoms. The van der Waals surface area contributed by atoms with E-state index >= 15 is 0 Å². The fraction of sp³-hybridized carbons (Fsp3) is 0.846. The topological polar surface area (TPSA) is 60.2 Å². The molecule has 5 heteroatoms. The van der Waals surface area contributed by atoms with Crippen LogP contribution in [-0.2, 0) is 16.9 Å². The molecule has 1 aromatic rings. The number of rotatable bonds is 5. The van der Waals surface area contributed by atoms with Crippen LogP contribution >= 0.6 is 0 Å². The molecule has 0 amide bonds. The van der Waals surface area contributed by atoms with Gasteiger partial charge < -0.3 is 14.6 Å². The van der Waals surface area contributed by atoms with Crippen molar-refractivity contribution in [1.82, 2.24) is 15.5 Å². The first kappa shape index (κ1) is 12.1. The van der Waals surface area contributed by atoms with Gasteiger partial charge in [-0.2, -0.15) is 4.98 Å². The third-order valence-electron chi connectivity index (χ3n) is 4.32.